The van der Waals surface area contributed by atoms with Gasteiger partial charge in [-0.1, -0.05) is 34.1 Å². The van der Waals surface area contributed by atoms with Crippen LogP contribution in [0.3, 0.4) is 0 Å². The van der Waals surface area contributed by atoms with Gasteiger partial charge in [-0.25, -0.2) is 0 Å². The van der Waals surface area contributed by atoms with Crippen LogP contribution < -0.4 is 5.32 Å². The van der Waals surface area contributed by atoms with Crippen molar-refractivity contribution >= 4 is 33.7 Å². The SMILES string of the molecule is CC(C)(C)N1C(O)=C(C(=O)NCC(=O)O)C(=O)N(Cc2ccccc2Br)C1O. The lowest BCUT2D eigenvalue weighted by molar-refractivity contribution is -0.178. The van der Waals surface area contributed by atoms with Crippen LogP contribution in [-0.4, -0.2) is 61.3 Å². The van der Waals surface area contributed by atoms with Crippen LogP contribution >= 0.6 is 15.9 Å². The summed E-state index contributed by atoms with van der Waals surface area (Å²) in [6, 6.07) is 7.07. The smallest absolute Gasteiger partial charge is 0.322 e. The summed E-state index contributed by atoms with van der Waals surface area (Å²) >= 11 is 3.38. The van der Waals surface area contributed by atoms with Crippen LogP contribution in [0.2, 0.25) is 0 Å². The predicted octanol–water partition coefficient (Wildman–Crippen LogP) is 1.14. The zero-order valence-corrected chi connectivity index (χ0v) is 17.2. The molecule has 4 N–H and O–H groups in total. The van der Waals surface area contributed by atoms with Crippen LogP contribution in [0, 0.1) is 0 Å². The summed E-state index contributed by atoms with van der Waals surface area (Å²) in [5.74, 6) is -3.96. The molecule has 1 aromatic rings. The van der Waals surface area contributed by atoms with Crippen molar-refractivity contribution in [2.75, 3.05) is 6.54 Å². The highest BCUT2D eigenvalue weighted by atomic mass is 79.9. The number of nitrogens with one attached hydrogen (secondary N) is 1. The van der Waals surface area contributed by atoms with Crippen LogP contribution in [0.25, 0.3) is 0 Å². The summed E-state index contributed by atoms with van der Waals surface area (Å²) < 4.78 is 0.702. The van der Waals surface area contributed by atoms with E-state index in [1.54, 1.807) is 45.0 Å². The Morgan fingerprint density at radius 3 is 2.39 bits per heavy atom. The fraction of sp³-hybridized carbons (Fsp3) is 0.389. The molecule has 0 saturated heterocycles. The van der Waals surface area contributed by atoms with Gasteiger partial charge in [-0.15, -0.1) is 0 Å². The van der Waals surface area contributed by atoms with Gasteiger partial charge in [-0.3, -0.25) is 24.2 Å². The van der Waals surface area contributed by atoms with Gasteiger partial charge in [0.1, 0.15) is 6.54 Å². The first-order valence-electron chi connectivity index (χ1n) is 8.40. The van der Waals surface area contributed by atoms with Crippen molar-refractivity contribution in [2.24, 2.45) is 0 Å². The van der Waals surface area contributed by atoms with Gasteiger partial charge in [0, 0.05) is 10.0 Å². The zero-order valence-electron chi connectivity index (χ0n) is 15.6. The van der Waals surface area contributed by atoms with Crippen molar-refractivity contribution in [1.82, 2.24) is 15.1 Å². The van der Waals surface area contributed by atoms with Gasteiger partial charge in [-0.05, 0) is 32.4 Å². The first-order valence-corrected chi connectivity index (χ1v) is 9.19. The number of carbonyl (C=O) groups excluding carboxylic acids is 2. The number of amides is 2. The number of carboxylic acid groups (broad SMARTS) is 1. The number of rotatable bonds is 5. The molecule has 0 fully saturated rings. The van der Waals surface area contributed by atoms with E-state index in [-0.39, 0.29) is 6.54 Å². The zero-order chi connectivity index (χ0) is 21.2. The summed E-state index contributed by atoms with van der Waals surface area (Å²) in [4.78, 5) is 38.2. The Balaban J connectivity index is 2.48. The Kier molecular flexibility index (Phi) is 6.35. The standard InChI is InChI=1S/C18H22BrN3O6/c1-18(2,3)22-16(27)13(14(25)20-8-12(23)24)15(26)21(17(22)28)9-10-6-4-5-7-11(10)19/h4-7,17,27-28H,8-9H2,1-3H3,(H,20,25)(H,23,24). The molecule has 1 aliphatic heterocycles. The van der Waals surface area contributed by atoms with Crippen molar-refractivity contribution < 1.29 is 29.7 Å². The normalized spacial score (nSPS) is 17.8. The van der Waals surface area contributed by atoms with E-state index in [1.165, 1.54) is 0 Å². The number of carbonyl (C=O) groups is 3. The maximum Gasteiger partial charge on any atom is 0.322 e. The molecule has 152 valence electrons. The molecule has 1 aromatic carbocycles. The Bertz CT molecular complexity index is 833. The molecule has 1 atom stereocenters. The highest BCUT2D eigenvalue weighted by Crippen LogP contribution is 2.32. The number of aliphatic hydroxyl groups excluding tert-OH is 2. The molecule has 1 unspecified atom stereocenters. The molecule has 1 heterocycles. The van der Waals surface area contributed by atoms with E-state index in [2.05, 4.69) is 21.2 Å². The fourth-order valence-corrected chi connectivity index (χ4v) is 3.19. The van der Waals surface area contributed by atoms with Crippen molar-refractivity contribution in [1.29, 1.82) is 0 Å². The van der Waals surface area contributed by atoms with E-state index in [9.17, 15) is 24.6 Å². The van der Waals surface area contributed by atoms with Crippen molar-refractivity contribution in [3.63, 3.8) is 0 Å². The lowest BCUT2D eigenvalue weighted by Gasteiger charge is -2.47. The molecule has 10 heteroatoms. The lowest BCUT2D eigenvalue weighted by Crippen LogP contribution is -2.61. The van der Waals surface area contributed by atoms with E-state index in [4.69, 9.17) is 5.11 Å². The molecule has 28 heavy (non-hydrogen) atoms. The Morgan fingerprint density at radius 1 is 1.25 bits per heavy atom. The van der Waals surface area contributed by atoms with E-state index >= 15 is 0 Å². The largest absolute Gasteiger partial charge is 0.494 e. The molecular weight excluding hydrogens is 434 g/mol. The van der Waals surface area contributed by atoms with Crippen molar-refractivity contribution in [2.45, 2.75) is 39.2 Å². The molecule has 0 aliphatic carbocycles. The quantitative estimate of drug-likeness (QED) is 0.489. The molecule has 0 spiro atoms. The number of carboxylic acids is 1. The summed E-state index contributed by atoms with van der Waals surface area (Å²) in [7, 11) is 0. The van der Waals surface area contributed by atoms with E-state index in [1.807, 2.05) is 0 Å². The molecule has 0 bridgehead atoms. The van der Waals surface area contributed by atoms with Crippen molar-refractivity contribution in [3.05, 3.63) is 45.8 Å². The molecule has 9 nitrogen and oxygen atoms in total. The third-order valence-electron chi connectivity index (χ3n) is 4.08. The van der Waals surface area contributed by atoms with Crippen LogP contribution in [0.1, 0.15) is 26.3 Å². The summed E-state index contributed by atoms with van der Waals surface area (Å²) in [6.07, 6.45) is -1.53. The minimum absolute atomic E-state index is 0.0446. The topological polar surface area (TPSA) is 130 Å². The molecule has 0 saturated carbocycles. The maximum atomic E-state index is 12.9. The second-order valence-corrected chi connectivity index (χ2v) is 8.04. The molecule has 2 rings (SSSR count). The number of benzene rings is 1. The predicted molar refractivity (Wildman–Crippen MR) is 103 cm³/mol. The third kappa shape index (κ3) is 4.45. The lowest BCUT2D eigenvalue weighted by atomic mass is 10.0. The van der Waals surface area contributed by atoms with Crippen LogP contribution in [0.15, 0.2) is 40.2 Å². The first kappa shape index (κ1) is 21.7. The van der Waals surface area contributed by atoms with Gasteiger partial charge >= 0.3 is 5.97 Å². The highest BCUT2D eigenvalue weighted by molar-refractivity contribution is 9.10. The van der Waals surface area contributed by atoms with Gasteiger partial charge in [-0.2, -0.15) is 0 Å². The molecular formula is C18H22BrN3O6. The number of nitrogens with zero attached hydrogens (tertiary/aromatic N) is 2. The average Bonchev–Trinajstić information content (AvgIpc) is 2.57. The highest BCUT2D eigenvalue weighted by Gasteiger charge is 2.45. The summed E-state index contributed by atoms with van der Waals surface area (Å²) in [5, 5.41) is 32.2. The first-order chi connectivity index (χ1) is 12.9. The molecule has 1 aliphatic rings. The van der Waals surface area contributed by atoms with Gasteiger partial charge in [0.25, 0.3) is 11.8 Å². The number of aliphatic carboxylic acids is 1. The van der Waals surface area contributed by atoms with E-state index in [0.29, 0.717) is 10.0 Å². The van der Waals surface area contributed by atoms with Crippen LogP contribution in [0.5, 0.6) is 0 Å². The Labute approximate surface area is 170 Å². The van der Waals surface area contributed by atoms with Crippen molar-refractivity contribution in [3.8, 4) is 0 Å². The van der Waals surface area contributed by atoms with Crippen LogP contribution in [0.4, 0.5) is 0 Å². The van der Waals surface area contributed by atoms with E-state index < -0.39 is 47.7 Å². The number of hydrogen-bond acceptors (Lipinski definition) is 6. The molecule has 2 amide bonds. The Hall–Kier alpha value is -2.59. The third-order valence-corrected chi connectivity index (χ3v) is 4.86. The van der Waals surface area contributed by atoms with Gasteiger partial charge < -0.3 is 20.6 Å². The molecule has 0 aromatic heterocycles. The number of halogens is 1. The number of hydrogen-bond donors (Lipinski definition) is 4. The second kappa shape index (κ2) is 8.19. The minimum Gasteiger partial charge on any atom is -0.494 e. The van der Waals surface area contributed by atoms with Gasteiger partial charge in [0.15, 0.2) is 5.57 Å². The van der Waals surface area contributed by atoms with Gasteiger partial charge in [0.2, 0.25) is 12.2 Å². The van der Waals surface area contributed by atoms with Gasteiger partial charge in [0.05, 0.1) is 6.54 Å². The molecule has 0 radical (unpaired) electrons. The Morgan fingerprint density at radius 2 is 1.86 bits per heavy atom. The summed E-state index contributed by atoms with van der Waals surface area (Å²) in [6.45, 7) is 4.30. The average molecular weight is 456 g/mol. The second-order valence-electron chi connectivity index (χ2n) is 7.19. The fourth-order valence-electron chi connectivity index (χ4n) is 2.78. The summed E-state index contributed by atoms with van der Waals surface area (Å²) in [5.41, 5.74) is -0.807. The maximum absolute atomic E-state index is 12.9. The van der Waals surface area contributed by atoms with E-state index in [0.717, 1.165) is 9.80 Å². The number of aliphatic hydroxyl groups is 2. The van der Waals surface area contributed by atoms with Crippen LogP contribution in [-0.2, 0) is 20.9 Å². The minimum atomic E-state index is -1.53. The monoisotopic (exact) mass is 455 g/mol.